The van der Waals surface area contributed by atoms with Crippen molar-refractivity contribution < 1.29 is 14.5 Å². The summed E-state index contributed by atoms with van der Waals surface area (Å²) in [5, 5.41) is 3.71. The molecule has 0 saturated heterocycles. The van der Waals surface area contributed by atoms with Crippen LogP contribution < -0.4 is 16.0 Å². The van der Waals surface area contributed by atoms with Gasteiger partial charge < -0.3 is 10.1 Å². The van der Waals surface area contributed by atoms with Crippen molar-refractivity contribution in [3.8, 4) is 0 Å². The zero-order valence-electron chi connectivity index (χ0n) is 18.7. The average Bonchev–Trinajstić information content (AvgIpc) is 2.95. The van der Waals surface area contributed by atoms with Crippen LogP contribution in [-0.2, 0) is 9.53 Å². The summed E-state index contributed by atoms with van der Waals surface area (Å²) < 4.78 is 5.16. The Hall–Kier alpha value is -1.14. The molecule has 6 nitrogen and oxygen atoms in total. The van der Waals surface area contributed by atoms with Crippen molar-refractivity contribution in [2.24, 2.45) is 17.6 Å². The Balaban J connectivity index is 1.60. The minimum atomic E-state index is -0.487. The van der Waals surface area contributed by atoms with Gasteiger partial charge in [0.25, 0.3) is 0 Å². The molecule has 1 aliphatic heterocycles. The van der Waals surface area contributed by atoms with Gasteiger partial charge in [-0.3, -0.25) is 15.5 Å². The van der Waals surface area contributed by atoms with Crippen molar-refractivity contribution in [3.05, 3.63) is 0 Å². The molecule has 2 fully saturated rings. The van der Waals surface area contributed by atoms with Crippen LogP contribution in [0.1, 0.15) is 83.5 Å². The molecule has 0 aromatic heterocycles. The predicted octanol–water partition coefficient (Wildman–Crippen LogP) is 1.53. The number of amides is 1. The van der Waals surface area contributed by atoms with Crippen molar-refractivity contribution in [3.63, 3.8) is 0 Å². The van der Waals surface area contributed by atoms with Crippen LogP contribution >= 0.6 is 0 Å². The molecular weight excluding hydrogens is 364 g/mol. The Bertz CT molecular complexity index is 561. The van der Waals surface area contributed by atoms with Crippen LogP contribution in [0.3, 0.4) is 0 Å². The van der Waals surface area contributed by atoms with E-state index in [9.17, 15) is 4.79 Å². The number of hydrogen-bond donors (Lipinski definition) is 3. The van der Waals surface area contributed by atoms with Gasteiger partial charge in [-0.25, -0.2) is 4.90 Å². The maximum atomic E-state index is 13.2. The minimum Gasteiger partial charge on any atom is -0.385 e. The number of nitrogens with zero attached hydrogens (tertiary/aromatic N) is 1. The molecule has 1 heterocycles. The van der Waals surface area contributed by atoms with E-state index in [1.54, 1.807) is 12.0 Å². The van der Waals surface area contributed by atoms with Gasteiger partial charge in [-0.05, 0) is 56.9 Å². The topological polar surface area (TPSA) is 81.6 Å². The SMILES string of the molecule is COCCCN[C@H]1CCC[C@H](C[C@@]2(CCC3CCCCC3)[NH+]=C(N)N(C)C2=O)C1. The third-order valence-electron chi connectivity index (χ3n) is 7.53. The van der Waals surface area contributed by atoms with Gasteiger partial charge in [0.15, 0.2) is 5.54 Å². The summed E-state index contributed by atoms with van der Waals surface area (Å²) in [5.41, 5.74) is 5.68. The summed E-state index contributed by atoms with van der Waals surface area (Å²) >= 11 is 0. The molecule has 0 aromatic carbocycles. The number of methoxy groups -OCH3 is 1. The summed E-state index contributed by atoms with van der Waals surface area (Å²) in [7, 11) is 3.57. The Morgan fingerprint density at radius 2 is 1.93 bits per heavy atom. The summed E-state index contributed by atoms with van der Waals surface area (Å²) in [6.45, 7) is 1.83. The highest BCUT2D eigenvalue weighted by molar-refractivity contribution is 6.01. The lowest BCUT2D eigenvalue weighted by Crippen LogP contribution is -2.87. The molecule has 0 radical (unpaired) electrons. The average molecular weight is 408 g/mol. The molecule has 4 N–H and O–H groups in total. The number of carbonyl (C=O) groups excluding carboxylic acids is 1. The zero-order valence-corrected chi connectivity index (χ0v) is 18.7. The second-order valence-electron chi connectivity index (χ2n) is 9.73. The number of rotatable bonds is 10. The highest BCUT2D eigenvalue weighted by atomic mass is 16.5. The molecule has 0 unspecified atom stereocenters. The van der Waals surface area contributed by atoms with E-state index in [0.717, 1.165) is 51.2 Å². The number of carbonyl (C=O) groups is 1. The first-order valence-corrected chi connectivity index (χ1v) is 11.9. The van der Waals surface area contributed by atoms with Crippen LogP contribution in [0.4, 0.5) is 0 Å². The van der Waals surface area contributed by atoms with Crippen molar-refractivity contribution in [1.29, 1.82) is 0 Å². The molecule has 2 aliphatic carbocycles. The first kappa shape index (κ1) is 22.5. The number of nitrogens with two attached hydrogens (primary N) is 1. The maximum absolute atomic E-state index is 13.2. The van der Waals surface area contributed by atoms with Crippen LogP contribution in [0.25, 0.3) is 0 Å². The quantitative estimate of drug-likeness (QED) is 0.480. The second-order valence-corrected chi connectivity index (χ2v) is 9.73. The van der Waals surface area contributed by atoms with E-state index in [0.29, 0.717) is 17.9 Å². The fourth-order valence-electron chi connectivity index (χ4n) is 5.83. The maximum Gasteiger partial charge on any atom is 0.351 e. The number of guanidine groups is 1. The Kier molecular flexibility index (Phi) is 8.36. The second kappa shape index (κ2) is 10.8. The van der Waals surface area contributed by atoms with Gasteiger partial charge in [0.1, 0.15) is 0 Å². The molecule has 6 heteroatoms. The first-order valence-electron chi connectivity index (χ1n) is 11.9. The third kappa shape index (κ3) is 5.94. The van der Waals surface area contributed by atoms with Crippen molar-refractivity contribution in [1.82, 2.24) is 10.2 Å². The van der Waals surface area contributed by atoms with Gasteiger partial charge in [-0.1, -0.05) is 44.9 Å². The lowest BCUT2D eigenvalue weighted by Gasteiger charge is -2.34. The van der Waals surface area contributed by atoms with Crippen LogP contribution in [-0.4, -0.2) is 55.7 Å². The number of nitrogens with one attached hydrogen (secondary N) is 2. The van der Waals surface area contributed by atoms with Crippen LogP contribution in [0.15, 0.2) is 0 Å². The van der Waals surface area contributed by atoms with Crippen LogP contribution in [0, 0.1) is 11.8 Å². The summed E-state index contributed by atoms with van der Waals surface area (Å²) in [6, 6.07) is 0.566. The summed E-state index contributed by atoms with van der Waals surface area (Å²) in [4.78, 5) is 18.3. The Labute approximate surface area is 177 Å². The Morgan fingerprint density at radius 3 is 2.62 bits per heavy atom. The standard InChI is InChI=1S/C23H42N4O2/c1-27-21(28)23(26-22(27)24,13-12-18-8-4-3-5-9-18)17-19-10-6-11-20(16-19)25-14-7-15-29-2/h18-20,25H,3-17H2,1-2H3,(H2,24,26)/p+1/t19-,20-,23+/m0/s1. The van der Waals surface area contributed by atoms with Crippen molar-refractivity contribution in [2.75, 3.05) is 27.3 Å². The van der Waals surface area contributed by atoms with E-state index in [2.05, 4.69) is 10.3 Å². The van der Waals surface area contributed by atoms with Gasteiger partial charge in [0.2, 0.25) is 0 Å². The van der Waals surface area contributed by atoms with Gasteiger partial charge in [0.05, 0.1) is 7.05 Å². The molecule has 1 amide bonds. The lowest BCUT2D eigenvalue weighted by atomic mass is 9.74. The predicted molar refractivity (Wildman–Crippen MR) is 116 cm³/mol. The number of ether oxygens (including phenoxy) is 1. The molecule has 3 atom stereocenters. The van der Waals surface area contributed by atoms with Crippen LogP contribution in [0.2, 0.25) is 0 Å². The molecule has 2 saturated carbocycles. The molecular formula is C23H43N4O2+. The molecule has 0 spiro atoms. The minimum absolute atomic E-state index is 0.181. The molecule has 29 heavy (non-hydrogen) atoms. The van der Waals surface area contributed by atoms with Gasteiger partial charge in [-0.2, -0.15) is 0 Å². The zero-order chi connectivity index (χ0) is 20.7. The highest BCUT2D eigenvalue weighted by Crippen LogP contribution is 2.35. The monoisotopic (exact) mass is 407 g/mol. The summed E-state index contributed by atoms with van der Waals surface area (Å²) in [5.74, 6) is 2.07. The van der Waals surface area contributed by atoms with E-state index in [1.165, 1.54) is 51.4 Å². The van der Waals surface area contributed by atoms with E-state index in [4.69, 9.17) is 10.5 Å². The largest absolute Gasteiger partial charge is 0.385 e. The van der Waals surface area contributed by atoms with E-state index in [-0.39, 0.29) is 5.91 Å². The van der Waals surface area contributed by atoms with Crippen molar-refractivity contribution >= 4 is 11.9 Å². The fraction of sp³-hybridized carbons (Fsp3) is 0.913. The number of hydrogen-bond acceptors (Lipinski definition) is 4. The van der Waals surface area contributed by atoms with E-state index < -0.39 is 5.54 Å². The van der Waals surface area contributed by atoms with Crippen molar-refractivity contribution in [2.45, 2.75) is 95.1 Å². The molecule has 166 valence electrons. The van der Waals surface area contributed by atoms with E-state index >= 15 is 0 Å². The lowest BCUT2D eigenvalue weighted by molar-refractivity contribution is -0.535. The van der Waals surface area contributed by atoms with E-state index in [1.807, 2.05) is 7.05 Å². The number of likely N-dealkylation sites (N-methyl/N-ethyl adjacent to an activating group) is 1. The highest BCUT2D eigenvalue weighted by Gasteiger charge is 2.51. The fourth-order valence-corrected chi connectivity index (χ4v) is 5.83. The summed E-state index contributed by atoms with van der Waals surface area (Å²) in [6.07, 6.45) is 15.7. The normalized spacial score (nSPS) is 31.3. The van der Waals surface area contributed by atoms with Gasteiger partial charge >= 0.3 is 11.9 Å². The third-order valence-corrected chi connectivity index (χ3v) is 7.53. The first-order chi connectivity index (χ1) is 14.0. The van der Waals surface area contributed by atoms with Gasteiger partial charge in [0, 0.05) is 19.8 Å². The smallest absolute Gasteiger partial charge is 0.351 e. The molecule has 0 aromatic rings. The Morgan fingerprint density at radius 1 is 1.17 bits per heavy atom. The van der Waals surface area contributed by atoms with Gasteiger partial charge in [-0.15, -0.1) is 0 Å². The molecule has 0 bridgehead atoms. The molecule has 3 rings (SSSR count). The molecule has 3 aliphatic rings. The van der Waals surface area contributed by atoms with Crippen LogP contribution in [0.5, 0.6) is 0 Å².